The lowest BCUT2D eigenvalue weighted by Gasteiger charge is -2.16. The van der Waals surface area contributed by atoms with E-state index in [9.17, 15) is 0 Å². The third-order valence-electron chi connectivity index (χ3n) is 3.78. The third kappa shape index (κ3) is 1.52. The van der Waals surface area contributed by atoms with E-state index in [0.29, 0.717) is 11.8 Å². The first-order valence-corrected chi connectivity index (χ1v) is 6.11. The van der Waals surface area contributed by atoms with Crippen LogP contribution in [0.3, 0.4) is 0 Å². The summed E-state index contributed by atoms with van der Waals surface area (Å²) >= 11 is 0. The Balaban J connectivity index is 1.95. The van der Waals surface area contributed by atoms with Crippen LogP contribution in [-0.4, -0.2) is 12.1 Å². The summed E-state index contributed by atoms with van der Waals surface area (Å²) in [6.45, 7) is 5.13. The summed E-state index contributed by atoms with van der Waals surface area (Å²) in [5.41, 5.74) is 8.60. The summed E-state index contributed by atoms with van der Waals surface area (Å²) in [5, 5.41) is 0. The molecule has 1 aromatic carbocycles. The number of benzene rings is 1. The van der Waals surface area contributed by atoms with Gasteiger partial charge in [-0.2, -0.15) is 0 Å². The molecule has 2 atom stereocenters. The summed E-state index contributed by atoms with van der Waals surface area (Å²) in [7, 11) is 0. The Labute approximate surface area is 96.8 Å². The predicted molar refractivity (Wildman–Crippen MR) is 64.8 cm³/mol. The normalized spacial score (nSPS) is 29.7. The molecule has 1 saturated carbocycles. The molecule has 1 aliphatic carbocycles. The van der Waals surface area contributed by atoms with Gasteiger partial charge in [-0.15, -0.1) is 0 Å². The number of fused-ring (bicyclic) bond motifs is 1. The van der Waals surface area contributed by atoms with Crippen molar-refractivity contribution in [1.82, 2.24) is 0 Å². The lowest BCUT2D eigenvalue weighted by atomic mass is 9.94. The maximum Gasteiger partial charge on any atom is 0.123 e. The Bertz CT molecular complexity index is 425. The van der Waals surface area contributed by atoms with Crippen molar-refractivity contribution >= 4 is 0 Å². The molecular weight excluding hydrogens is 198 g/mol. The molecule has 0 unspecified atom stereocenters. The van der Waals surface area contributed by atoms with E-state index in [-0.39, 0.29) is 5.60 Å². The number of hydrogen-bond acceptors (Lipinski definition) is 2. The first kappa shape index (κ1) is 10.2. The highest BCUT2D eigenvalue weighted by Crippen LogP contribution is 2.51. The van der Waals surface area contributed by atoms with Gasteiger partial charge >= 0.3 is 0 Å². The second-order valence-electron chi connectivity index (χ2n) is 5.70. The number of nitrogens with two attached hydrogens (primary N) is 1. The molecule has 2 aliphatic rings. The summed E-state index contributed by atoms with van der Waals surface area (Å²) in [6, 6.07) is 6.46. The lowest BCUT2D eigenvalue weighted by molar-refractivity contribution is 0.138. The molecule has 0 amide bonds. The van der Waals surface area contributed by atoms with Gasteiger partial charge < -0.3 is 10.5 Å². The second kappa shape index (κ2) is 3.24. The molecular formula is C14H19NO. The second-order valence-corrected chi connectivity index (χ2v) is 5.70. The van der Waals surface area contributed by atoms with E-state index in [0.717, 1.165) is 18.7 Å². The SMILES string of the molecule is CC1(C)Cc2c(cccc2[C@@H]2C[C@H]2CN)O1. The molecule has 0 saturated heterocycles. The Kier molecular flexibility index (Phi) is 2.05. The third-order valence-corrected chi connectivity index (χ3v) is 3.78. The molecule has 1 aliphatic heterocycles. The van der Waals surface area contributed by atoms with Crippen molar-refractivity contribution < 1.29 is 4.74 Å². The molecule has 2 nitrogen and oxygen atoms in total. The van der Waals surface area contributed by atoms with Gasteiger partial charge in [-0.25, -0.2) is 0 Å². The van der Waals surface area contributed by atoms with Crippen LogP contribution in [0.2, 0.25) is 0 Å². The Hall–Kier alpha value is -1.02. The van der Waals surface area contributed by atoms with Crippen molar-refractivity contribution in [3.8, 4) is 5.75 Å². The summed E-state index contributed by atoms with van der Waals surface area (Å²) in [6.07, 6.45) is 2.29. The zero-order chi connectivity index (χ0) is 11.3. The largest absolute Gasteiger partial charge is 0.487 e. The van der Waals surface area contributed by atoms with Crippen molar-refractivity contribution in [1.29, 1.82) is 0 Å². The standard InChI is InChI=1S/C14H19NO/c1-14(2)7-12-10(11-6-9(11)8-15)4-3-5-13(12)16-14/h3-5,9,11H,6-8,15H2,1-2H3/t9-,11+/m0/s1. The number of ether oxygens (including phenoxy) is 1. The van der Waals surface area contributed by atoms with Gasteiger partial charge in [-0.3, -0.25) is 0 Å². The van der Waals surface area contributed by atoms with Crippen LogP contribution in [0, 0.1) is 5.92 Å². The molecule has 3 rings (SSSR count). The monoisotopic (exact) mass is 217 g/mol. The maximum atomic E-state index is 5.95. The lowest BCUT2D eigenvalue weighted by Crippen LogP contribution is -2.24. The molecule has 0 bridgehead atoms. The molecule has 1 aromatic rings. The van der Waals surface area contributed by atoms with Crippen LogP contribution < -0.4 is 10.5 Å². The highest BCUT2D eigenvalue weighted by atomic mass is 16.5. The van der Waals surface area contributed by atoms with E-state index >= 15 is 0 Å². The topological polar surface area (TPSA) is 35.2 Å². The van der Waals surface area contributed by atoms with Gasteiger partial charge in [0.15, 0.2) is 0 Å². The van der Waals surface area contributed by atoms with Crippen molar-refractivity contribution in [2.24, 2.45) is 11.7 Å². The van der Waals surface area contributed by atoms with Crippen LogP contribution in [-0.2, 0) is 6.42 Å². The van der Waals surface area contributed by atoms with Gasteiger partial charge in [-0.1, -0.05) is 12.1 Å². The molecule has 0 spiro atoms. The molecule has 16 heavy (non-hydrogen) atoms. The summed E-state index contributed by atoms with van der Waals surface area (Å²) < 4.78 is 5.95. The van der Waals surface area contributed by atoms with Gasteiger partial charge in [0, 0.05) is 12.0 Å². The van der Waals surface area contributed by atoms with Crippen molar-refractivity contribution in [3.05, 3.63) is 29.3 Å². The molecule has 2 N–H and O–H groups in total. The summed E-state index contributed by atoms with van der Waals surface area (Å²) in [5.74, 6) is 2.48. The fourth-order valence-electron chi connectivity index (χ4n) is 2.86. The van der Waals surface area contributed by atoms with Crippen molar-refractivity contribution in [3.63, 3.8) is 0 Å². The first-order chi connectivity index (χ1) is 7.61. The first-order valence-electron chi connectivity index (χ1n) is 6.11. The van der Waals surface area contributed by atoms with Crippen molar-refractivity contribution in [2.75, 3.05) is 6.54 Å². The minimum Gasteiger partial charge on any atom is -0.487 e. The van der Waals surface area contributed by atoms with Crippen LogP contribution in [0.5, 0.6) is 5.75 Å². The molecule has 1 heterocycles. The fraction of sp³-hybridized carbons (Fsp3) is 0.571. The van der Waals surface area contributed by atoms with E-state index in [1.54, 1.807) is 0 Å². The number of rotatable bonds is 2. The van der Waals surface area contributed by atoms with Crippen LogP contribution in [0.4, 0.5) is 0 Å². The Morgan fingerprint density at radius 3 is 2.94 bits per heavy atom. The van der Waals surface area contributed by atoms with E-state index < -0.39 is 0 Å². The van der Waals surface area contributed by atoms with E-state index in [2.05, 4.69) is 32.0 Å². The maximum absolute atomic E-state index is 5.95. The molecule has 0 radical (unpaired) electrons. The van der Waals surface area contributed by atoms with Gasteiger partial charge in [0.05, 0.1) is 0 Å². The highest BCUT2D eigenvalue weighted by Gasteiger charge is 2.41. The average Bonchev–Trinajstić information content (AvgIpc) is 2.92. The average molecular weight is 217 g/mol. The van der Waals surface area contributed by atoms with E-state index in [1.165, 1.54) is 17.5 Å². The van der Waals surface area contributed by atoms with Crippen LogP contribution in [0.15, 0.2) is 18.2 Å². The van der Waals surface area contributed by atoms with Crippen molar-refractivity contribution in [2.45, 2.75) is 38.2 Å². The highest BCUT2D eigenvalue weighted by molar-refractivity contribution is 5.48. The van der Waals surface area contributed by atoms with Crippen LogP contribution in [0.1, 0.15) is 37.3 Å². The van der Waals surface area contributed by atoms with Crippen LogP contribution >= 0.6 is 0 Å². The van der Waals surface area contributed by atoms with Gasteiger partial charge in [-0.05, 0) is 50.3 Å². The smallest absolute Gasteiger partial charge is 0.123 e. The van der Waals surface area contributed by atoms with E-state index in [1.807, 2.05) is 0 Å². The fourth-order valence-corrected chi connectivity index (χ4v) is 2.86. The minimum absolute atomic E-state index is 0.0362. The van der Waals surface area contributed by atoms with Gasteiger partial charge in [0.2, 0.25) is 0 Å². The molecule has 2 heteroatoms. The molecule has 1 fully saturated rings. The predicted octanol–water partition coefficient (Wildman–Crippen LogP) is 2.46. The van der Waals surface area contributed by atoms with Gasteiger partial charge in [0.1, 0.15) is 11.4 Å². The quantitative estimate of drug-likeness (QED) is 0.826. The summed E-state index contributed by atoms with van der Waals surface area (Å²) in [4.78, 5) is 0. The Morgan fingerprint density at radius 1 is 1.44 bits per heavy atom. The number of hydrogen-bond donors (Lipinski definition) is 1. The minimum atomic E-state index is -0.0362. The van der Waals surface area contributed by atoms with Gasteiger partial charge in [0.25, 0.3) is 0 Å². The molecule has 86 valence electrons. The van der Waals surface area contributed by atoms with E-state index in [4.69, 9.17) is 10.5 Å². The zero-order valence-corrected chi connectivity index (χ0v) is 9.99. The zero-order valence-electron chi connectivity index (χ0n) is 9.99. The Morgan fingerprint density at radius 2 is 2.25 bits per heavy atom. The van der Waals surface area contributed by atoms with Crippen LogP contribution in [0.25, 0.3) is 0 Å². The molecule has 0 aromatic heterocycles.